The minimum Gasteiger partial charge on any atom is -0.399 e. The number of morpholine rings is 1. The van der Waals surface area contributed by atoms with Crippen molar-refractivity contribution in [3.63, 3.8) is 0 Å². The summed E-state index contributed by atoms with van der Waals surface area (Å²) >= 11 is 0. The van der Waals surface area contributed by atoms with Gasteiger partial charge in [0, 0.05) is 18.8 Å². The second-order valence-electron chi connectivity index (χ2n) is 5.24. The highest BCUT2D eigenvalue weighted by atomic mass is 19.1. The molecule has 0 spiro atoms. The Morgan fingerprint density at radius 2 is 2.10 bits per heavy atom. The summed E-state index contributed by atoms with van der Waals surface area (Å²) in [5.74, 6) is -0.743. The number of hydrogen-bond acceptors (Lipinski definition) is 4. The molecular formula is C14H20FN3O2. The van der Waals surface area contributed by atoms with Gasteiger partial charge in [0.25, 0.3) is 0 Å². The summed E-state index contributed by atoms with van der Waals surface area (Å²) in [4.78, 5) is 14.0. The Morgan fingerprint density at radius 3 is 2.75 bits per heavy atom. The van der Waals surface area contributed by atoms with Crippen molar-refractivity contribution in [1.82, 2.24) is 4.90 Å². The highest BCUT2D eigenvalue weighted by molar-refractivity contribution is 5.92. The molecule has 2 rings (SSSR count). The number of rotatable bonds is 3. The normalized spacial score (nSPS) is 23.6. The van der Waals surface area contributed by atoms with Crippen molar-refractivity contribution in [1.29, 1.82) is 0 Å². The number of anilines is 2. The minimum atomic E-state index is -0.490. The van der Waals surface area contributed by atoms with Crippen LogP contribution < -0.4 is 11.1 Å². The van der Waals surface area contributed by atoms with E-state index in [2.05, 4.69) is 5.32 Å². The highest BCUT2D eigenvalue weighted by Gasteiger charge is 2.23. The Hall–Kier alpha value is -1.66. The summed E-state index contributed by atoms with van der Waals surface area (Å²) in [5, 5.41) is 2.55. The van der Waals surface area contributed by atoms with Gasteiger partial charge in [0.2, 0.25) is 5.91 Å². The molecule has 0 bridgehead atoms. The van der Waals surface area contributed by atoms with Crippen LogP contribution in [0.2, 0.25) is 0 Å². The molecule has 0 saturated carbocycles. The summed E-state index contributed by atoms with van der Waals surface area (Å²) in [7, 11) is 0. The van der Waals surface area contributed by atoms with Crippen molar-refractivity contribution in [3.8, 4) is 0 Å². The van der Waals surface area contributed by atoms with E-state index in [9.17, 15) is 9.18 Å². The summed E-state index contributed by atoms with van der Waals surface area (Å²) in [6.07, 6.45) is 0.186. The van der Waals surface area contributed by atoms with Crippen LogP contribution in [0.5, 0.6) is 0 Å². The van der Waals surface area contributed by atoms with Crippen molar-refractivity contribution < 1.29 is 13.9 Å². The zero-order valence-electron chi connectivity index (χ0n) is 11.7. The smallest absolute Gasteiger partial charge is 0.238 e. The lowest BCUT2D eigenvalue weighted by molar-refractivity contribution is -0.121. The molecule has 1 heterocycles. The molecule has 1 fully saturated rings. The predicted molar refractivity (Wildman–Crippen MR) is 75.9 cm³/mol. The number of carbonyl (C=O) groups is 1. The zero-order chi connectivity index (χ0) is 14.7. The van der Waals surface area contributed by atoms with Crippen LogP contribution in [-0.2, 0) is 9.53 Å². The third-order valence-corrected chi connectivity index (χ3v) is 3.13. The van der Waals surface area contributed by atoms with Crippen LogP contribution >= 0.6 is 0 Å². The third kappa shape index (κ3) is 3.91. The van der Waals surface area contributed by atoms with Gasteiger partial charge in [-0.25, -0.2) is 4.39 Å². The molecule has 20 heavy (non-hydrogen) atoms. The van der Waals surface area contributed by atoms with Crippen molar-refractivity contribution in [2.75, 3.05) is 30.7 Å². The summed E-state index contributed by atoms with van der Waals surface area (Å²) in [6.45, 7) is 5.54. The molecule has 1 amide bonds. The molecule has 0 radical (unpaired) electrons. The SMILES string of the molecule is C[C@@H]1CN(CC(=O)Nc2cc(N)ccc2F)C[C@H](C)O1. The molecule has 1 aliphatic rings. The molecule has 2 atom stereocenters. The number of amides is 1. The van der Waals surface area contributed by atoms with Crippen LogP contribution in [0, 0.1) is 5.82 Å². The van der Waals surface area contributed by atoms with E-state index in [-0.39, 0.29) is 30.3 Å². The monoisotopic (exact) mass is 281 g/mol. The fourth-order valence-electron chi connectivity index (χ4n) is 2.44. The van der Waals surface area contributed by atoms with Gasteiger partial charge >= 0.3 is 0 Å². The first-order valence-corrected chi connectivity index (χ1v) is 6.66. The summed E-state index contributed by atoms with van der Waals surface area (Å²) in [6, 6.07) is 4.11. The Morgan fingerprint density at radius 1 is 1.45 bits per heavy atom. The molecule has 1 aliphatic heterocycles. The molecule has 5 nitrogen and oxygen atoms in total. The Kier molecular flexibility index (Phi) is 4.57. The number of carbonyl (C=O) groups excluding carboxylic acids is 1. The molecule has 0 unspecified atom stereocenters. The lowest BCUT2D eigenvalue weighted by atomic mass is 10.2. The number of ether oxygens (including phenoxy) is 1. The van der Waals surface area contributed by atoms with Crippen LogP contribution in [0.4, 0.5) is 15.8 Å². The van der Waals surface area contributed by atoms with Crippen molar-refractivity contribution in [2.24, 2.45) is 0 Å². The molecule has 6 heteroatoms. The average Bonchev–Trinajstić information content (AvgIpc) is 2.32. The lowest BCUT2D eigenvalue weighted by Gasteiger charge is -2.34. The van der Waals surface area contributed by atoms with E-state index in [0.29, 0.717) is 18.8 Å². The molecule has 1 aromatic rings. The fraction of sp³-hybridized carbons (Fsp3) is 0.500. The van der Waals surface area contributed by atoms with Crippen molar-refractivity contribution in [2.45, 2.75) is 26.1 Å². The molecule has 1 aromatic carbocycles. The Bertz CT molecular complexity index is 485. The third-order valence-electron chi connectivity index (χ3n) is 3.13. The van der Waals surface area contributed by atoms with Gasteiger partial charge in [-0.1, -0.05) is 0 Å². The van der Waals surface area contributed by atoms with E-state index in [0.717, 1.165) is 0 Å². The van der Waals surface area contributed by atoms with E-state index in [4.69, 9.17) is 10.5 Å². The van der Waals surface area contributed by atoms with E-state index >= 15 is 0 Å². The minimum absolute atomic E-state index is 0.0932. The number of halogens is 1. The first-order chi connectivity index (χ1) is 9.44. The standard InChI is InChI=1S/C14H20FN3O2/c1-9-6-18(7-10(2)20-9)8-14(19)17-13-5-11(16)3-4-12(13)15/h3-5,9-10H,6-8,16H2,1-2H3,(H,17,19)/t9-,10+. The number of hydrogen-bond donors (Lipinski definition) is 2. The first-order valence-electron chi connectivity index (χ1n) is 6.66. The van der Waals surface area contributed by atoms with E-state index in [1.54, 1.807) is 0 Å². The number of nitrogen functional groups attached to an aromatic ring is 1. The largest absolute Gasteiger partial charge is 0.399 e. The zero-order valence-corrected chi connectivity index (χ0v) is 11.7. The van der Waals surface area contributed by atoms with Gasteiger partial charge in [-0.15, -0.1) is 0 Å². The Balaban J connectivity index is 1.93. The maximum Gasteiger partial charge on any atom is 0.238 e. The second kappa shape index (κ2) is 6.19. The predicted octanol–water partition coefficient (Wildman–Crippen LogP) is 1.46. The van der Waals surface area contributed by atoms with Crippen LogP contribution in [0.3, 0.4) is 0 Å². The van der Waals surface area contributed by atoms with Crippen molar-refractivity contribution in [3.05, 3.63) is 24.0 Å². The second-order valence-corrected chi connectivity index (χ2v) is 5.24. The van der Waals surface area contributed by atoms with E-state index in [1.807, 2.05) is 18.7 Å². The maximum absolute atomic E-state index is 13.5. The van der Waals surface area contributed by atoms with Gasteiger partial charge in [-0.3, -0.25) is 9.69 Å². The van der Waals surface area contributed by atoms with Gasteiger partial charge in [-0.2, -0.15) is 0 Å². The van der Waals surface area contributed by atoms with Crippen molar-refractivity contribution >= 4 is 17.3 Å². The number of nitrogens with two attached hydrogens (primary N) is 1. The van der Waals surface area contributed by atoms with E-state index in [1.165, 1.54) is 18.2 Å². The molecule has 3 N–H and O–H groups in total. The van der Waals surface area contributed by atoms with E-state index < -0.39 is 5.82 Å². The number of nitrogens with zero attached hydrogens (tertiary/aromatic N) is 1. The Labute approximate surface area is 117 Å². The molecule has 1 saturated heterocycles. The summed E-state index contributed by atoms with van der Waals surface area (Å²) < 4.78 is 19.1. The maximum atomic E-state index is 13.5. The van der Waals surface area contributed by atoms with Crippen LogP contribution in [0.15, 0.2) is 18.2 Å². The van der Waals surface area contributed by atoms with Gasteiger partial charge in [0.1, 0.15) is 5.82 Å². The van der Waals surface area contributed by atoms with Crippen LogP contribution in [0.25, 0.3) is 0 Å². The first kappa shape index (κ1) is 14.7. The molecule has 0 aromatic heterocycles. The van der Waals surface area contributed by atoms with Gasteiger partial charge in [0.05, 0.1) is 24.4 Å². The van der Waals surface area contributed by atoms with Gasteiger partial charge in [-0.05, 0) is 32.0 Å². The quantitative estimate of drug-likeness (QED) is 0.823. The van der Waals surface area contributed by atoms with Gasteiger partial charge < -0.3 is 15.8 Å². The van der Waals surface area contributed by atoms with Gasteiger partial charge in [0.15, 0.2) is 0 Å². The topological polar surface area (TPSA) is 67.6 Å². The molecule has 110 valence electrons. The fourth-order valence-corrected chi connectivity index (χ4v) is 2.44. The highest BCUT2D eigenvalue weighted by Crippen LogP contribution is 2.17. The number of nitrogens with one attached hydrogen (secondary N) is 1. The molecule has 0 aliphatic carbocycles. The lowest BCUT2D eigenvalue weighted by Crippen LogP contribution is -2.48. The summed E-state index contributed by atoms with van der Waals surface area (Å²) in [5.41, 5.74) is 6.11. The van der Waals surface area contributed by atoms with Crippen LogP contribution in [-0.4, -0.2) is 42.6 Å². The average molecular weight is 281 g/mol. The number of benzene rings is 1. The van der Waals surface area contributed by atoms with Crippen LogP contribution in [0.1, 0.15) is 13.8 Å². The molecular weight excluding hydrogens is 261 g/mol.